The Bertz CT molecular complexity index is 636. The van der Waals surface area contributed by atoms with E-state index in [1.807, 2.05) is 17.0 Å². The number of piperidine rings is 1. The Hall–Kier alpha value is -2.16. The number of carboxylic acids is 1. The van der Waals surface area contributed by atoms with E-state index in [1.54, 1.807) is 12.4 Å². The molecular formula is C18H23F3N2O4. The first-order valence-electron chi connectivity index (χ1n) is 8.78. The Morgan fingerprint density at radius 2 is 1.93 bits per heavy atom. The summed E-state index contributed by atoms with van der Waals surface area (Å²) in [5, 5.41) is 7.12. The van der Waals surface area contributed by atoms with Gasteiger partial charge in [-0.15, -0.1) is 0 Å². The summed E-state index contributed by atoms with van der Waals surface area (Å²) in [4.78, 5) is 27.2. The second-order valence-electron chi connectivity index (χ2n) is 6.82. The number of nitrogens with zero attached hydrogens (tertiary/aromatic N) is 2. The Balaban J connectivity index is 0.000000321. The Labute approximate surface area is 155 Å². The van der Waals surface area contributed by atoms with Gasteiger partial charge in [-0.1, -0.05) is 0 Å². The fourth-order valence-electron chi connectivity index (χ4n) is 3.52. The first-order valence-corrected chi connectivity index (χ1v) is 8.78. The Kier molecular flexibility index (Phi) is 6.80. The van der Waals surface area contributed by atoms with Crippen LogP contribution in [0.3, 0.4) is 0 Å². The number of hydrogen-bond acceptors (Lipinski definition) is 4. The van der Waals surface area contributed by atoms with E-state index in [9.17, 15) is 18.0 Å². The molecule has 1 aliphatic heterocycles. The molecule has 1 aliphatic carbocycles. The van der Waals surface area contributed by atoms with Crippen LogP contribution in [0, 0.1) is 5.41 Å². The maximum Gasteiger partial charge on any atom is 0.490 e. The number of halogens is 3. The number of likely N-dealkylation sites (tertiary alicyclic amines) is 1. The van der Waals surface area contributed by atoms with Crippen LogP contribution >= 0.6 is 0 Å². The van der Waals surface area contributed by atoms with Crippen molar-refractivity contribution >= 4 is 11.9 Å². The number of aliphatic carboxylic acids is 1. The van der Waals surface area contributed by atoms with Gasteiger partial charge in [-0.25, -0.2) is 4.79 Å². The van der Waals surface area contributed by atoms with Crippen molar-refractivity contribution in [1.82, 2.24) is 9.88 Å². The van der Waals surface area contributed by atoms with Crippen LogP contribution in [0.25, 0.3) is 0 Å². The molecule has 150 valence electrons. The molecule has 1 N–H and O–H groups in total. The third-order valence-corrected chi connectivity index (χ3v) is 4.99. The molecule has 2 heterocycles. The molecular weight excluding hydrogens is 365 g/mol. The lowest BCUT2D eigenvalue weighted by atomic mass is 9.61. The number of amides is 1. The second kappa shape index (κ2) is 8.69. The van der Waals surface area contributed by atoms with Crippen molar-refractivity contribution in [2.75, 3.05) is 19.7 Å². The van der Waals surface area contributed by atoms with E-state index in [4.69, 9.17) is 14.6 Å². The average Bonchev–Trinajstić information content (AvgIpc) is 2.61. The molecule has 0 unspecified atom stereocenters. The van der Waals surface area contributed by atoms with Gasteiger partial charge in [0.2, 0.25) is 0 Å². The molecule has 3 rings (SSSR count). The standard InChI is InChI=1S/C16H22N2O2.C2HF3O2/c1-2-20-14-10-16(11-14)5-8-18(9-6-16)15(19)13-4-3-7-17-12-13;3-2(4,5)1(6)7/h3-4,7,12,14H,2,5-6,8-11H2,1H3;(H,6,7). The highest BCUT2D eigenvalue weighted by Gasteiger charge is 2.46. The minimum Gasteiger partial charge on any atom is -0.475 e. The molecule has 2 aliphatic rings. The maximum absolute atomic E-state index is 12.3. The lowest BCUT2D eigenvalue weighted by Crippen LogP contribution is -2.51. The van der Waals surface area contributed by atoms with Crippen LogP contribution in [0.15, 0.2) is 24.5 Å². The van der Waals surface area contributed by atoms with Gasteiger partial charge < -0.3 is 14.7 Å². The molecule has 27 heavy (non-hydrogen) atoms. The fourth-order valence-corrected chi connectivity index (χ4v) is 3.52. The van der Waals surface area contributed by atoms with E-state index in [0.717, 1.165) is 32.5 Å². The van der Waals surface area contributed by atoms with E-state index >= 15 is 0 Å². The molecule has 1 aromatic rings. The fraction of sp³-hybridized carbons (Fsp3) is 0.611. The average molecular weight is 388 g/mol. The van der Waals surface area contributed by atoms with E-state index in [0.29, 0.717) is 17.1 Å². The Morgan fingerprint density at radius 3 is 2.37 bits per heavy atom. The summed E-state index contributed by atoms with van der Waals surface area (Å²) in [5.74, 6) is -2.64. The van der Waals surface area contributed by atoms with Crippen molar-refractivity contribution in [1.29, 1.82) is 0 Å². The lowest BCUT2D eigenvalue weighted by molar-refractivity contribution is -0.192. The smallest absolute Gasteiger partial charge is 0.475 e. The zero-order valence-electron chi connectivity index (χ0n) is 15.0. The number of alkyl halides is 3. The first-order chi connectivity index (χ1) is 12.7. The minimum atomic E-state index is -5.08. The van der Waals surface area contributed by atoms with Gasteiger partial charge in [-0.2, -0.15) is 13.2 Å². The number of carboxylic acid groups (broad SMARTS) is 1. The van der Waals surface area contributed by atoms with Crippen molar-refractivity contribution < 1.29 is 32.6 Å². The zero-order chi connectivity index (χ0) is 20.1. The summed E-state index contributed by atoms with van der Waals surface area (Å²) in [5.41, 5.74) is 1.15. The highest BCUT2D eigenvalue weighted by Crippen LogP contribution is 2.50. The van der Waals surface area contributed by atoms with Crippen LogP contribution in [-0.2, 0) is 9.53 Å². The monoisotopic (exact) mass is 388 g/mol. The third kappa shape index (κ3) is 5.66. The number of rotatable bonds is 3. The molecule has 1 saturated carbocycles. The van der Waals surface area contributed by atoms with E-state index in [1.165, 1.54) is 12.8 Å². The highest BCUT2D eigenvalue weighted by molar-refractivity contribution is 5.93. The van der Waals surface area contributed by atoms with Gasteiger partial charge in [-0.3, -0.25) is 9.78 Å². The number of carbonyl (C=O) groups excluding carboxylic acids is 1. The summed E-state index contributed by atoms with van der Waals surface area (Å²) in [6, 6.07) is 3.66. The Morgan fingerprint density at radius 1 is 1.33 bits per heavy atom. The molecule has 0 atom stereocenters. The molecule has 2 fully saturated rings. The highest BCUT2D eigenvalue weighted by atomic mass is 19.4. The van der Waals surface area contributed by atoms with E-state index in [2.05, 4.69) is 11.9 Å². The van der Waals surface area contributed by atoms with Crippen molar-refractivity contribution in [3.8, 4) is 0 Å². The van der Waals surface area contributed by atoms with Gasteiger partial charge in [0, 0.05) is 32.1 Å². The third-order valence-electron chi connectivity index (χ3n) is 4.99. The van der Waals surface area contributed by atoms with E-state index < -0.39 is 12.1 Å². The van der Waals surface area contributed by atoms with Gasteiger partial charge in [0.05, 0.1) is 11.7 Å². The normalized spacial score (nSPS) is 19.0. The summed E-state index contributed by atoms with van der Waals surface area (Å²) >= 11 is 0. The summed E-state index contributed by atoms with van der Waals surface area (Å²) < 4.78 is 37.4. The molecule has 1 spiro atoms. The second-order valence-corrected chi connectivity index (χ2v) is 6.82. The van der Waals surface area contributed by atoms with Crippen molar-refractivity contribution in [3.63, 3.8) is 0 Å². The van der Waals surface area contributed by atoms with Crippen LogP contribution < -0.4 is 0 Å². The van der Waals surface area contributed by atoms with Gasteiger partial charge in [0.15, 0.2) is 0 Å². The van der Waals surface area contributed by atoms with Crippen LogP contribution in [0.1, 0.15) is 43.0 Å². The van der Waals surface area contributed by atoms with Gasteiger partial charge in [-0.05, 0) is 50.2 Å². The predicted octanol–water partition coefficient (Wildman–Crippen LogP) is 3.14. The number of aromatic nitrogens is 1. The van der Waals surface area contributed by atoms with Crippen LogP contribution in [0.2, 0.25) is 0 Å². The molecule has 6 nitrogen and oxygen atoms in total. The van der Waals surface area contributed by atoms with Crippen LogP contribution in [0.4, 0.5) is 13.2 Å². The number of ether oxygens (including phenoxy) is 1. The largest absolute Gasteiger partial charge is 0.490 e. The van der Waals surface area contributed by atoms with Crippen molar-refractivity contribution in [2.24, 2.45) is 5.41 Å². The van der Waals surface area contributed by atoms with Gasteiger partial charge in [0.25, 0.3) is 5.91 Å². The molecule has 0 bridgehead atoms. The predicted molar refractivity (Wildman–Crippen MR) is 90.1 cm³/mol. The van der Waals surface area contributed by atoms with Crippen molar-refractivity contribution in [3.05, 3.63) is 30.1 Å². The van der Waals surface area contributed by atoms with Crippen LogP contribution in [-0.4, -0.2) is 58.8 Å². The SMILES string of the molecule is CCOC1CC2(CCN(C(=O)c3cccnc3)CC2)C1.O=C(O)C(F)(F)F. The summed E-state index contributed by atoms with van der Waals surface area (Å²) in [6.45, 7) is 4.60. The topological polar surface area (TPSA) is 79.7 Å². The number of hydrogen-bond donors (Lipinski definition) is 1. The summed E-state index contributed by atoms with van der Waals surface area (Å²) in [6.07, 6.45) is 3.31. The first kappa shape index (κ1) is 21.1. The molecule has 1 amide bonds. The van der Waals surface area contributed by atoms with Gasteiger partial charge >= 0.3 is 12.1 Å². The molecule has 1 saturated heterocycles. The maximum atomic E-state index is 12.3. The van der Waals surface area contributed by atoms with Crippen LogP contribution in [0.5, 0.6) is 0 Å². The van der Waals surface area contributed by atoms with Gasteiger partial charge in [0.1, 0.15) is 0 Å². The molecule has 0 aromatic carbocycles. The molecule has 0 radical (unpaired) electrons. The number of pyridine rings is 1. The quantitative estimate of drug-likeness (QED) is 0.861. The molecule has 1 aromatic heterocycles. The lowest BCUT2D eigenvalue weighted by Gasteiger charge is -2.51. The summed E-state index contributed by atoms with van der Waals surface area (Å²) in [7, 11) is 0. The molecule has 9 heteroatoms. The minimum absolute atomic E-state index is 0.119. The van der Waals surface area contributed by atoms with Crippen molar-refractivity contribution in [2.45, 2.75) is 44.9 Å². The zero-order valence-corrected chi connectivity index (χ0v) is 15.0. The number of carbonyl (C=O) groups is 2. The van der Waals surface area contributed by atoms with E-state index in [-0.39, 0.29) is 5.91 Å².